The molecule has 1 atom stereocenters. The summed E-state index contributed by atoms with van der Waals surface area (Å²) in [6, 6.07) is 9.08. The molecule has 1 aromatic carbocycles. The highest BCUT2D eigenvalue weighted by molar-refractivity contribution is 5.92. The number of nitrogens with one attached hydrogen (secondary N) is 1. The maximum Gasteiger partial charge on any atom is 0.293 e. The van der Waals surface area contributed by atoms with Gasteiger partial charge in [0.25, 0.3) is 5.91 Å². The lowest BCUT2D eigenvalue weighted by Gasteiger charge is -2.11. The Morgan fingerprint density at radius 3 is 2.82 bits per heavy atom. The van der Waals surface area contributed by atoms with Gasteiger partial charge in [-0.25, -0.2) is 0 Å². The summed E-state index contributed by atoms with van der Waals surface area (Å²) in [6.07, 6.45) is 1.92. The predicted molar refractivity (Wildman–Crippen MR) is 82.0 cm³/mol. The Hall–Kier alpha value is -2.56. The number of aromatic nitrogens is 1. The van der Waals surface area contributed by atoms with Gasteiger partial charge in [-0.15, -0.1) is 0 Å². The highest BCUT2D eigenvalue weighted by Crippen LogP contribution is 2.34. The molecule has 3 rings (SSSR count). The molecule has 0 spiro atoms. The van der Waals surface area contributed by atoms with E-state index in [1.54, 1.807) is 12.1 Å². The fraction of sp³-hybridized carbons (Fsp3) is 0.294. The van der Waals surface area contributed by atoms with Crippen LogP contribution < -0.4 is 19.4 Å². The van der Waals surface area contributed by atoms with Gasteiger partial charge in [0.05, 0.1) is 0 Å². The molecule has 1 aliphatic rings. The number of anilines is 1. The van der Waals surface area contributed by atoms with Gasteiger partial charge in [-0.1, -0.05) is 0 Å². The van der Waals surface area contributed by atoms with Crippen molar-refractivity contribution in [2.75, 3.05) is 12.1 Å². The molecule has 1 aromatic heterocycles. The predicted octanol–water partition coefficient (Wildman–Crippen LogP) is 2.52. The van der Waals surface area contributed by atoms with E-state index in [9.17, 15) is 4.79 Å². The van der Waals surface area contributed by atoms with E-state index in [4.69, 9.17) is 9.47 Å². The normalized spacial score (nSPS) is 13.8. The zero-order valence-corrected chi connectivity index (χ0v) is 12.9. The molecule has 1 N–H and O–H groups in total. The van der Waals surface area contributed by atoms with Crippen LogP contribution in [0.5, 0.6) is 11.5 Å². The Morgan fingerprint density at radius 1 is 1.23 bits per heavy atom. The van der Waals surface area contributed by atoms with Gasteiger partial charge < -0.3 is 14.8 Å². The van der Waals surface area contributed by atoms with Crippen LogP contribution in [0.4, 0.5) is 5.69 Å². The first-order chi connectivity index (χ1) is 10.6. The van der Waals surface area contributed by atoms with Crippen LogP contribution in [0.2, 0.25) is 0 Å². The molecule has 0 aliphatic carbocycles. The zero-order chi connectivity index (χ0) is 15.7. The quantitative estimate of drug-likeness (QED) is 0.886. The molecule has 1 aliphatic heterocycles. The van der Waals surface area contributed by atoms with Crippen LogP contribution in [-0.4, -0.2) is 12.7 Å². The molecular weight excluding hydrogens is 280 g/mol. The lowest BCUT2D eigenvalue weighted by Crippen LogP contribution is -2.47. The summed E-state index contributed by atoms with van der Waals surface area (Å²) in [4.78, 5) is 12.5. The summed E-state index contributed by atoms with van der Waals surface area (Å²) in [5.74, 6) is 1.29. The van der Waals surface area contributed by atoms with Crippen LogP contribution in [0.15, 0.2) is 36.5 Å². The minimum atomic E-state index is -0.301. The van der Waals surface area contributed by atoms with Crippen molar-refractivity contribution in [1.29, 1.82) is 0 Å². The van der Waals surface area contributed by atoms with Gasteiger partial charge in [-0.05, 0) is 25.1 Å². The Labute approximate surface area is 129 Å². The molecule has 0 bridgehead atoms. The molecule has 5 heteroatoms. The van der Waals surface area contributed by atoms with Crippen molar-refractivity contribution in [2.45, 2.75) is 26.8 Å². The number of carbonyl (C=O) groups excluding carboxylic acids is 1. The van der Waals surface area contributed by atoms with Gasteiger partial charge in [0.15, 0.2) is 23.4 Å². The number of pyridine rings is 1. The number of nitrogens with zero attached hydrogens (tertiary/aromatic N) is 1. The molecule has 0 saturated heterocycles. The molecular formula is C17H19N2O3+. The average Bonchev–Trinajstić information content (AvgIpc) is 2.97. The second kappa shape index (κ2) is 5.67. The van der Waals surface area contributed by atoms with E-state index in [0.717, 1.165) is 11.3 Å². The Kier molecular flexibility index (Phi) is 3.71. The van der Waals surface area contributed by atoms with Gasteiger partial charge in [-0.2, -0.15) is 4.57 Å². The second-order valence-corrected chi connectivity index (χ2v) is 5.42. The van der Waals surface area contributed by atoms with Gasteiger partial charge in [0.2, 0.25) is 12.8 Å². The SMILES string of the molecule is Cc1ccc[n+]([C@@H](C)C(=O)Nc2ccc3c(c2)OCO3)c1C. The lowest BCUT2D eigenvalue weighted by atomic mass is 10.2. The van der Waals surface area contributed by atoms with Crippen molar-refractivity contribution in [2.24, 2.45) is 0 Å². The zero-order valence-electron chi connectivity index (χ0n) is 12.9. The number of ether oxygens (including phenoxy) is 2. The number of hydrogen-bond donors (Lipinski definition) is 1. The fourth-order valence-corrected chi connectivity index (χ4v) is 2.48. The van der Waals surface area contributed by atoms with E-state index in [1.165, 1.54) is 0 Å². The molecule has 0 radical (unpaired) electrons. The van der Waals surface area contributed by atoms with Crippen LogP contribution in [0.1, 0.15) is 24.2 Å². The van der Waals surface area contributed by atoms with Crippen molar-refractivity contribution >= 4 is 11.6 Å². The Balaban J connectivity index is 1.78. The number of rotatable bonds is 3. The number of fused-ring (bicyclic) bond motifs is 1. The second-order valence-electron chi connectivity index (χ2n) is 5.42. The summed E-state index contributed by atoms with van der Waals surface area (Å²) in [5.41, 5.74) is 2.94. The van der Waals surface area contributed by atoms with E-state index in [1.807, 2.05) is 49.7 Å². The van der Waals surface area contributed by atoms with E-state index in [0.29, 0.717) is 17.2 Å². The van der Waals surface area contributed by atoms with E-state index in [2.05, 4.69) is 5.32 Å². The smallest absolute Gasteiger partial charge is 0.293 e. The Morgan fingerprint density at radius 2 is 2.00 bits per heavy atom. The van der Waals surface area contributed by atoms with Gasteiger partial charge in [0.1, 0.15) is 0 Å². The minimum absolute atomic E-state index is 0.0717. The average molecular weight is 299 g/mol. The third kappa shape index (κ3) is 2.62. The summed E-state index contributed by atoms with van der Waals surface area (Å²) < 4.78 is 12.6. The maximum atomic E-state index is 12.5. The summed E-state index contributed by atoms with van der Waals surface area (Å²) in [6.45, 7) is 6.16. The van der Waals surface area contributed by atoms with Crippen molar-refractivity contribution < 1.29 is 18.8 Å². The summed E-state index contributed by atoms with van der Waals surface area (Å²) >= 11 is 0. The third-order valence-electron chi connectivity index (χ3n) is 3.99. The molecule has 5 nitrogen and oxygen atoms in total. The standard InChI is InChI=1S/C17H18N2O3/c1-11-5-4-8-19(12(11)2)13(3)17(20)18-14-6-7-15-16(9-14)22-10-21-15/h4-9,13H,10H2,1-3H3/p+1/t13-/m0/s1. The first-order valence-electron chi connectivity index (χ1n) is 7.24. The molecule has 2 heterocycles. The van der Waals surface area contributed by atoms with Crippen LogP contribution >= 0.6 is 0 Å². The summed E-state index contributed by atoms with van der Waals surface area (Å²) in [7, 11) is 0. The molecule has 0 unspecified atom stereocenters. The maximum absolute atomic E-state index is 12.5. The van der Waals surface area contributed by atoms with Crippen LogP contribution in [0.25, 0.3) is 0 Å². The van der Waals surface area contributed by atoms with Crippen LogP contribution in [-0.2, 0) is 4.79 Å². The monoisotopic (exact) mass is 299 g/mol. The number of amides is 1. The molecule has 22 heavy (non-hydrogen) atoms. The van der Waals surface area contributed by atoms with E-state index < -0.39 is 0 Å². The topological polar surface area (TPSA) is 51.4 Å². The third-order valence-corrected chi connectivity index (χ3v) is 3.99. The van der Waals surface area contributed by atoms with E-state index >= 15 is 0 Å². The molecule has 114 valence electrons. The summed E-state index contributed by atoms with van der Waals surface area (Å²) in [5, 5.41) is 2.92. The first kappa shape index (κ1) is 14.4. The van der Waals surface area contributed by atoms with Crippen LogP contribution in [0.3, 0.4) is 0 Å². The van der Waals surface area contributed by atoms with E-state index in [-0.39, 0.29) is 18.7 Å². The molecule has 0 saturated carbocycles. The number of aryl methyl sites for hydroxylation is 1. The lowest BCUT2D eigenvalue weighted by molar-refractivity contribution is -0.711. The first-order valence-corrected chi connectivity index (χ1v) is 7.24. The van der Waals surface area contributed by atoms with Gasteiger partial charge >= 0.3 is 0 Å². The highest BCUT2D eigenvalue weighted by atomic mass is 16.7. The largest absolute Gasteiger partial charge is 0.454 e. The minimum Gasteiger partial charge on any atom is -0.454 e. The van der Waals surface area contributed by atoms with Gasteiger partial charge in [-0.3, -0.25) is 4.79 Å². The number of hydrogen-bond acceptors (Lipinski definition) is 3. The van der Waals surface area contributed by atoms with Crippen molar-refractivity contribution in [3.8, 4) is 11.5 Å². The Bertz CT molecular complexity index is 728. The van der Waals surface area contributed by atoms with Crippen molar-refractivity contribution in [3.05, 3.63) is 47.8 Å². The van der Waals surface area contributed by atoms with Crippen molar-refractivity contribution in [1.82, 2.24) is 0 Å². The van der Waals surface area contributed by atoms with Crippen molar-refractivity contribution in [3.63, 3.8) is 0 Å². The highest BCUT2D eigenvalue weighted by Gasteiger charge is 2.25. The fourth-order valence-electron chi connectivity index (χ4n) is 2.48. The number of benzene rings is 1. The number of carbonyl (C=O) groups is 1. The molecule has 0 fully saturated rings. The van der Waals surface area contributed by atoms with Gasteiger partial charge in [0, 0.05) is 37.2 Å². The molecule has 2 aromatic rings. The molecule has 1 amide bonds. The van der Waals surface area contributed by atoms with Crippen LogP contribution in [0, 0.1) is 13.8 Å².